The molecule has 0 spiro atoms. The Morgan fingerprint density at radius 2 is 2.12 bits per heavy atom. The van der Waals surface area contributed by atoms with Crippen molar-refractivity contribution in [3.05, 3.63) is 28.2 Å². The molecule has 1 heterocycles. The van der Waals surface area contributed by atoms with Crippen molar-refractivity contribution in [3.8, 4) is 5.75 Å². The fraction of sp³-hybridized carbons (Fsp3) is 0.625. The SMILES string of the molecule is CS(=O)(=O)NCCC1CCCCN1CCOc1cc(Cl)ccc1Cl. The number of benzene rings is 1. The van der Waals surface area contributed by atoms with Crippen molar-refractivity contribution in [2.45, 2.75) is 31.7 Å². The predicted octanol–water partition coefficient (Wildman–Crippen LogP) is 3.17. The molecule has 1 saturated heterocycles. The van der Waals surface area contributed by atoms with Crippen LogP contribution in [-0.4, -0.2) is 51.9 Å². The second kappa shape index (κ2) is 9.25. The summed E-state index contributed by atoms with van der Waals surface area (Å²) < 4.78 is 30.7. The van der Waals surface area contributed by atoms with E-state index in [9.17, 15) is 8.42 Å². The smallest absolute Gasteiger partial charge is 0.208 e. The zero-order chi connectivity index (χ0) is 17.6. The van der Waals surface area contributed by atoms with Crippen LogP contribution in [0, 0.1) is 0 Å². The summed E-state index contributed by atoms with van der Waals surface area (Å²) in [5.41, 5.74) is 0. The molecule has 5 nitrogen and oxygen atoms in total. The molecular formula is C16H24Cl2N2O3S. The second-order valence-electron chi connectivity index (χ2n) is 6.06. The van der Waals surface area contributed by atoms with E-state index in [0.29, 0.717) is 35.0 Å². The van der Waals surface area contributed by atoms with E-state index in [-0.39, 0.29) is 0 Å². The van der Waals surface area contributed by atoms with Gasteiger partial charge in [-0.2, -0.15) is 0 Å². The number of sulfonamides is 1. The van der Waals surface area contributed by atoms with Gasteiger partial charge in [-0.15, -0.1) is 0 Å². The number of nitrogens with one attached hydrogen (secondary N) is 1. The topological polar surface area (TPSA) is 58.6 Å². The molecule has 1 aromatic rings. The van der Waals surface area contributed by atoms with E-state index in [1.54, 1.807) is 18.2 Å². The Balaban J connectivity index is 1.81. The van der Waals surface area contributed by atoms with E-state index in [4.69, 9.17) is 27.9 Å². The molecule has 1 aliphatic rings. The third-order valence-corrected chi connectivity index (χ3v) is 5.40. The number of likely N-dealkylation sites (tertiary alicyclic amines) is 1. The van der Waals surface area contributed by atoms with Crippen LogP contribution in [0.3, 0.4) is 0 Å². The van der Waals surface area contributed by atoms with Crippen LogP contribution < -0.4 is 9.46 Å². The molecule has 136 valence electrons. The summed E-state index contributed by atoms with van der Waals surface area (Å²) in [7, 11) is -3.12. The summed E-state index contributed by atoms with van der Waals surface area (Å²) in [5.74, 6) is 0.594. The van der Waals surface area contributed by atoms with Gasteiger partial charge in [0.1, 0.15) is 12.4 Å². The summed E-state index contributed by atoms with van der Waals surface area (Å²) in [5, 5.41) is 1.14. The van der Waals surface area contributed by atoms with Crippen LogP contribution in [0.5, 0.6) is 5.75 Å². The molecule has 1 aromatic carbocycles. The minimum Gasteiger partial charge on any atom is -0.491 e. The van der Waals surface area contributed by atoms with Crippen molar-refractivity contribution < 1.29 is 13.2 Å². The highest BCUT2D eigenvalue weighted by Gasteiger charge is 2.22. The fourth-order valence-corrected chi connectivity index (χ4v) is 3.78. The molecule has 1 unspecified atom stereocenters. The van der Waals surface area contributed by atoms with E-state index < -0.39 is 10.0 Å². The highest BCUT2D eigenvalue weighted by molar-refractivity contribution is 7.88. The average molecular weight is 395 g/mol. The van der Waals surface area contributed by atoms with Gasteiger partial charge >= 0.3 is 0 Å². The van der Waals surface area contributed by atoms with Crippen LogP contribution in [0.15, 0.2) is 18.2 Å². The zero-order valence-electron chi connectivity index (χ0n) is 13.8. The largest absolute Gasteiger partial charge is 0.491 e. The number of hydrogen-bond donors (Lipinski definition) is 1. The maximum atomic E-state index is 11.2. The average Bonchev–Trinajstić information content (AvgIpc) is 2.51. The van der Waals surface area contributed by atoms with Gasteiger partial charge in [0.05, 0.1) is 11.3 Å². The van der Waals surface area contributed by atoms with Crippen LogP contribution in [0.25, 0.3) is 0 Å². The summed E-state index contributed by atoms with van der Waals surface area (Å²) in [6.45, 7) is 2.79. The van der Waals surface area contributed by atoms with Gasteiger partial charge in [0, 0.05) is 30.2 Å². The molecule has 0 aromatic heterocycles. The number of halogens is 2. The molecule has 0 saturated carbocycles. The van der Waals surface area contributed by atoms with Crippen molar-refractivity contribution in [2.24, 2.45) is 0 Å². The molecule has 1 N–H and O–H groups in total. The van der Waals surface area contributed by atoms with E-state index in [1.807, 2.05) is 0 Å². The first-order chi connectivity index (χ1) is 11.3. The fourth-order valence-electron chi connectivity index (χ4n) is 2.95. The monoisotopic (exact) mass is 394 g/mol. The molecule has 2 rings (SSSR count). The quantitative estimate of drug-likeness (QED) is 0.735. The number of hydrogen-bond acceptors (Lipinski definition) is 4. The maximum Gasteiger partial charge on any atom is 0.208 e. The lowest BCUT2D eigenvalue weighted by atomic mass is 9.99. The normalized spacial score (nSPS) is 19.4. The Morgan fingerprint density at radius 3 is 2.88 bits per heavy atom. The van der Waals surface area contributed by atoms with Gasteiger partial charge < -0.3 is 4.74 Å². The van der Waals surface area contributed by atoms with Crippen molar-refractivity contribution >= 4 is 33.2 Å². The van der Waals surface area contributed by atoms with Gasteiger partial charge in [-0.05, 0) is 37.9 Å². The molecular weight excluding hydrogens is 371 g/mol. The molecule has 0 bridgehead atoms. The molecule has 0 radical (unpaired) electrons. The Bertz CT molecular complexity index is 640. The summed E-state index contributed by atoms with van der Waals surface area (Å²) in [4.78, 5) is 2.37. The summed E-state index contributed by atoms with van der Waals surface area (Å²) in [6.07, 6.45) is 5.43. The van der Waals surface area contributed by atoms with E-state index in [2.05, 4.69) is 9.62 Å². The minimum absolute atomic E-state index is 0.381. The minimum atomic E-state index is -3.12. The lowest BCUT2D eigenvalue weighted by molar-refractivity contribution is 0.118. The van der Waals surface area contributed by atoms with Crippen molar-refractivity contribution in [2.75, 3.05) is 32.5 Å². The standard InChI is InChI=1S/C16H24Cl2N2O3S/c1-24(21,22)19-8-7-14-4-2-3-9-20(14)10-11-23-16-12-13(17)5-6-15(16)18/h5-6,12,14,19H,2-4,7-11H2,1H3. The van der Waals surface area contributed by atoms with E-state index >= 15 is 0 Å². The summed E-state index contributed by atoms with van der Waals surface area (Å²) in [6, 6.07) is 5.55. The highest BCUT2D eigenvalue weighted by Crippen LogP contribution is 2.28. The Hall–Kier alpha value is -0.530. The van der Waals surface area contributed by atoms with E-state index in [0.717, 1.165) is 32.4 Å². The van der Waals surface area contributed by atoms with Gasteiger partial charge in [0.2, 0.25) is 10.0 Å². The molecule has 24 heavy (non-hydrogen) atoms. The molecule has 0 aliphatic carbocycles. The van der Waals surface area contributed by atoms with E-state index in [1.165, 1.54) is 12.7 Å². The third kappa shape index (κ3) is 6.76. The maximum absolute atomic E-state index is 11.2. The highest BCUT2D eigenvalue weighted by atomic mass is 35.5. The number of piperidine rings is 1. The van der Waals surface area contributed by atoms with Crippen molar-refractivity contribution in [1.82, 2.24) is 9.62 Å². The number of ether oxygens (including phenoxy) is 1. The summed E-state index contributed by atoms with van der Waals surface area (Å²) >= 11 is 12.1. The van der Waals surface area contributed by atoms with Crippen LogP contribution in [0.1, 0.15) is 25.7 Å². The van der Waals surface area contributed by atoms with Crippen LogP contribution in [0.2, 0.25) is 10.0 Å². The predicted molar refractivity (Wildman–Crippen MR) is 98.6 cm³/mol. The first-order valence-electron chi connectivity index (χ1n) is 8.12. The molecule has 1 fully saturated rings. The van der Waals surface area contributed by atoms with Gasteiger partial charge in [-0.25, -0.2) is 13.1 Å². The lowest BCUT2D eigenvalue weighted by Gasteiger charge is -2.35. The molecule has 1 atom stereocenters. The first-order valence-corrected chi connectivity index (χ1v) is 10.8. The van der Waals surface area contributed by atoms with Crippen LogP contribution >= 0.6 is 23.2 Å². The van der Waals surface area contributed by atoms with Gasteiger partial charge in [-0.1, -0.05) is 29.6 Å². The first kappa shape index (κ1) is 19.8. The zero-order valence-corrected chi connectivity index (χ0v) is 16.1. The molecule has 8 heteroatoms. The van der Waals surface area contributed by atoms with Gasteiger partial charge in [-0.3, -0.25) is 4.90 Å². The van der Waals surface area contributed by atoms with Crippen molar-refractivity contribution in [1.29, 1.82) is 0 Å². The van der Waals surface area contributed by atoms with Gasteiger partial charge in [0.15, 0.2) is 0 Å². The number of rotatable bonds is 8. The lowest BCUT2D eigenvalue weighted by Crippen LogP contribution is -2.43. The Labute approximate surface area is 154 Å². The molecule has 1 aliphatic heterocycles. The van der Waals surface area contributed by atoms with Gasteiger partial charge in [0.25, 0.3) is 0 Å². The van der Waals surface area contributed by atoms with Crippen LogP contribution in [0.4, 0.5) is 0 Å². The Kier molecular flexibility index (Phi) is 7.62. The van der Waals surface area contributed by atoms with Crippen molar-refractivity contribution in [3.63, 3.8) is 0 Å². The van der Waals surface area contributed by atoms with Crippen LogP contribution in [-0.2, 0) is 10.0 Å². The number of nitrogens with zero attached hydrogens (tertiary/aromatic N) is 1. The molecule has 0 amide bonds. The Morgan fingerprint density at radius 1 is 1.33 bits per heavy atom. The second-order valence-corrected chi connectivity index (χ2v) is 8.74. The third-order valence-electron chi connectivity index (χ3n) is 4.12.